The Kier molecular flexibility index (Phi) is 6.64. The molecule has 2 aliphatic carbocycles. The van der Waals surface area contributed by atoms with Crippen LogP contribution < -0.4 is 0 Å². The van der Waals surface area contributed by atoms with Gasteiger partial charge in [0.25, 0.3) is 5.92 Å². The molecule has 1 aliphatic heterocycles. The zero-order chi connectivity index (χ0) is 26.8. The van der Waals surface area contributed by atoms with Crippen molar-refractivity contribution in [3.05, 3.63) is 64.4 Å². The number of alkyl halides is 2. The van der Waals surface area contributed by atoms with Crippen molar-refractivity contribution in [2.45, 2.75) is 69.0 Å². The molecule has 2 saturated carbocycles. The van der Waals surface area contributed by atoms with Gasteiger partial charge in [0, 0.05) is 48.6 Å². The molecule has 37 heavy (non-hydrogen) atoms. The predicted molar refractivity (Wildman–Crippen MR) is 137 cm³/mol. The van der Waals surface area contributed by atoms with E-state index in [1.807, 2.05) is 26.0 Å². The molecule has 2 aromatic rings. The monoisotopic (exact) mass is 553 g/mol. The molecule has 10 heteroatoms. The van der Waals surface area contributed by atoms with Gasteiger partial charge in [0.1, 0.15) is 21.8 Å². The molecule has 3 fully saturated rings. The van der Waals surface area contributed by atoms with E-state index in [0.29, 0.717) is 17.9 Å². The number of aryl methyl sites for hydroxylation is 1. The molecule has 5 nitrogen and oxygen atoms in total. The molecule has 2 aromatic carbocycles. The van der Waals surface area contributed by atoms with Gasteiger partial charge in [-0.05, 0) is 56.4 Å². The second-order valence-corrected chi connectivity index (χ2v) is 13.6. The Morgan fingerprint density at radius 1 is 1.22 bits per heavy atom. The van der Waals surface area contributed by atoms with Gasteiger partial charge in [0.15, 0.2) is 0 Å². The van der Waals surface area contributed by atoms with Gasteiger partial charge in [-0.25, -0.2) is 26.0 Å². The number of rotatable bonds is 6. The fourth-order valence-corrected chi connectivity index (χ4v) is 8.18. The highest BCUT2D eigenvalue weighted by atomic mass is 35.5. The van der Waals surface area contributed by atoms with Crippen LogP contribution >= 0.6 is 11.6 Å². The summed E-state index contributed by atoms with van der Waals surface area (Å²) in [4.78, 5) is 16.2. The standard InChI is InChI=1S/C27H31ClF3N3O2S/c1-17-4-8-22(9-5-17)37(36,32-3)34-14-18(2)10-24(34)25(35)33(15-19-6-7-20(28)11-23(19)29)21-12-26(13-21)16-27(26,30)31/h4-9,11,18,21,24H,10,12-16H2,1-3H3/t18?,21?,24?,26?,37-/m1/s1. The van der Waals surface area contributed by atoms with E-state index < -0.39 is 39.2 Å². The van der Waals surface area contributed by atoms with Gasteiger partial charge in [0.05, 0.1) is 4.90 Å². The fourth-order valence-electron chi connectivity index (χ4n) is 5.86. The van der Waals surface area contributed by atoms with E-state index in [9.17, 15) is 22.2 Å². The van der Waals surface area contributed by atoms with Gasteiger partial charge < -0.3 is 4.90 Å². The molecule has 0 N–H and O–H groups in total. The molecule has 0 bridgehead atoms. The van der Waals surface area contributed by atoms with Crippen molar-refractivity contribution in [1.29, 1.82) is 0 Å². The van der Waals surface area contributed by atoms with Crippen molar-refractivity contribution in [1.82, 2.24) is 9.21 Å². The van der Waals surface area contributed by atoms with Crippen LogP contribution in [0.15, 0.2) is 51.7 Å². The first-order valence-electron chi connectivity index (χ1n) is 12.5. The molecule has 3 aliphatic rings. The second-order valence-electron chi connectivity index (χ2n) is 10.9. The van der Waals surface area contributed by atoms with Crippen LogP contribution in [-0.4, -0.2) is 50.9 Å². The molecule has 0 aromatic heterocycles. The second kappa shape index (κ2) is 9.27. The molecule has 1 heterocycles. The van der Waals surface area contributed by atoms with E-state index in [0.717, 1.165) is 5.56 Å². The maximum absolute atomic E-state index is 14.7. The maximum Gasteiger partial charge on any atom is 0.254 e. The molecule has 0 radical (unpaired) electrons. The molecule has 200 valence electrons. The van der Waals surface area contributed by atoms with Gasteiger partial charge in [0.2, 0.25) is 5.91 Å². The lowest BCUT2D eigenvalue weighted by Gasteiger charge is -2.45. The molecule has 2 unspecified atom stereocenters. The first-order valence-corrected chi connectivity index (χ1v) is 14.3. The van der Waals surface area contributed by atoms with Crippen molar-refractivity contribution < 1.29 is 22.2 Å². The summed E-state index contributed by atoms with van der Waals surface area (Å²) in [5, 5.41) is 0.234. The Bertz CT molecular complexity index is 1340. The van der Waals surface area contributed by atoms with Crippen molar-refractivity contribution in [3.63, 3.8) is 0 Å². The lowest BCUT2D eigenvalue weighted by atomic mass is 9.75. The molecule has 5 rings (SSSR count). The summed E-state index contributed by atoms with van der Waals surface area (Å²) < 4.78 is 63.0. The number of carbonyl (C=O) groups excluding carboxylic acids is 1. The summed E-state index contributed by atoms with van der Waals surface area (Å²) in [6.45, 7) is 4.25. The number of amides is 1. The van der Waals surface area contributed by atoms with Crippen molar-refractivity contribution >= 4 is 27.4 Å². The van der Waals surface area contributed by atoms with Crippen molar-refractivity contribution in [2.24, 2.45) is 15.7 Å². The highest BCUT2D eigenvalue weighted by molar-refractivity contribution is 7.91. The minimum Gasteiger partial charge on any atom is -0.334 e. The number of hydrogen-bond donors (Lipinski definition) is 0. The zero-order valence-electron chi connectivity index (χ0n) is 21.1. The SMILES string of the molecule is CN=[S@](=O)(c1ccc(C)cc1)N1CC(C)CC1C(=O)N(Cc1ccc(Cl)cc1F)C1CC2(C1)CC2(F)F. The Morgan fingerprint density at radius 3 is 2.43 bits per heavy atom. The molecule has 1 saturated heterocycles. The molecule has 3 atom stereocenters. The van der Waals surface area contributed by atoms with Crippen LogP contribution in [0, 0.1) is 24.1 Å². The Morgan fingerprint density at radius 2 is 1.86 bits per heavy atom. The molecule has 1 amide bonds. The van der Waals surface area contributed by atoms with Gasteiger partial charge in [-0.1, -0.05) is 42.3 Å². The maximum atomic E-state index is 14.7. The quantitative estimate of drug-likeness (QED) is 0.435. The third-order valence-corrected chi connectivity index (χ3v) is 10.8. The number of nitrogens with zero attached hydrogens (tertiary/aromatic N) is 3. The lowest BCUT2D eigenvalue weighted by Crippen LogP contribution is -2.55. The summed E-state index contributed by atoms with van der Waals surface area (Å²) in [6, 6.07) is 10.3. The molecule has 1 spiro atoms. The smallest absolute Gasteiger partial charge is 0.254 e. The Labute approximate surface area is 221 Å². The summed E-state index contributed by atoms with van der Waals surface area (Å²) in [6.07, 6.45) is 0.630. The van der Waals surface area contributed by atoms with E-state index in [1.165, 1.54) is 24.1 Å². The third kappa shape index (κ3) is 4.57. The van der Waals surface area contributed by atoms with Gasteiger partial charge >= 0.3 is 0 Å². The van der Waals surface area contributed by atoms with E-state index in [4.69, 9.17) is 11.6 Å². The lowest BCUT2D eigenvalue weighted by molar-refractivity contribution is -0.143. The Hall–Kier alpha value is -2.10. The molecular weight excluding hydrogens is 523 g/mol. The molecular formula is C27H31ClF3N3O2S. The highest BCUT2D eigenvalue weighted by Gasteiger charge is 2.76. The summed E-state index contributed by atoms with van der Waals surface area (Å²) >= 11 is 5.91. The van der Waals surface area contributed by atoms with E-state index >= 15 is 0 Å². The van der Waals surface area contributed by atoms with Crippen molar-refractivity contribution in [2.75, 3.05) is 13.6 Å². The zero-order valence-corrected chi connectivity index (χ0v) is 22.7. The van der Waals surface area contributed by atoms with Crippen molar-refractivity contribution in [3.8, 4) is 0 Å². The third-order valence-electron chi connectivity index (χ3n) is 8.19. The summed E-state index contributed by atoms with van der Waals surface area (Å²) in [5.41, 5.74) is 0.222. The largest absolute Gasteiger partial charge is 0.334 e. The van der Waals surface area contributed by atoms with Gasteiger partial charge in [-0.3, -0.25) is 4.79 Å². The average Bonchev–Trinajstić information content (AvgIpc) is 3.19. The first kappa shape index (κ1) is 26.5. The summed E-state index contributed by atoms with van der Waals surface area (Å²) in [5.74, 6) is -3.53. The predicted octanol–water partition coefficient (Wildman–Crippen LogP) is 6.09. The van der Waals surface area contributed by atoms with Gasteiger partial charge in [-0.2, -0.15) is 0 Å². The topological polar surface area (TPSA) is 53.0 Å². The van der Waals surface area contributed by atoms with Crippen LogP contribution in [0.2, 0.25) is 5.02 Å². The van der Waals surface area contributed by atoms with E-state index in [1.54, 1.807) is 22.5 Å². The normalized spacial score (nSPS) is 30.0. The minimum absolute atomic E-state index is 0.0663. The minimum atomic E-state index is -3.09. The van der Waals surface area contributed by atoms with E-state index in [-0.39, 0.29) is 48.2 Å². The number of carbonyl (C=O) groups is 1. The summed E-state index contributed by atoms with van der Waals surface area (Å²) in [7, 11) is -1.61. The van der Waals surface area contributed by atoms with Crippen LogP contribution in [0.4, 0.5) is 13.2 Å². The van der Waals surface area contributed by atoms with E-state index in [2.05, 4.69) is 4.36 Å². The number of benzene rings is 2. The van der Waals surface area contributed by atoms with Crippen LogP contribution in [0.3, 0.4) is 0 Å². The van der Waals surface area contributed by atoms with Crippen LogP contribution in [0.1, 0.15) is 43.7 Å². The van der Waals surface area contributed by atoms with Crippen LogP contribution in [-0.2, 0) is 21.3 Å². The highest BCUT2D eigenvalue weighted by Crippen LogP contribution is 2.71. The van der Waals surface area contributed by atoms with Gasteiger partial charge in [-0.15, -0.1) is 0 Å². The number of hydrogen-bond acceptors (Lipinski definition) is 3. The van der Waals surface area contributed by atoms with Crippen LogP contribution in [0.5, 0.6) is 0 Å². The Balaban J connectivity index is 1.47. The van der Waals surface area contributed by atoms with Crippen LogP contribution in [0.25, 0.3) is 0 Å². The average molecular weight is 554 g/mol. The number of halogens is 4. The first-order chi connectivity index (χ1) is 17.4. The fraction of sp³-hybridized carbons (Fsp3) is 0.519.